The van der Waals surface area contributed by atoms with E-state index >= 15 is 0 Å². The number of alkyl halides is 3. The second kappa shape index (κ2) is 9.22. The zero-order valence-corrected chi connectivity index (χ0v) is 18.6. The van der Waals surface area contributed by atoms with Gasteiger partial charge in [-0.05, 0) is 48.5 Å². The maximum atomic E-state index is 14.0. The summed E-state index contributed by atoms with van der Waals surface area (Å²) in [5.41, 5.74) is 2.83. The van der Waals surface area contributed by atoms with Crippen molar-refractivity contribution >= 4 is 0 Å². The molecule has 36 heavy (non-hydrogen) atoms. The SMILES string of the molecule is O=c1n(-c2ccc(F)cc2)c(-c2ccccc2)c(-c2ccccc2)n1-c1ccc(OC(F)(F)F)cc1. The van der Waals surface area contributed by atoms with Crippen LogP contribution in [0.1, 0.15) is 0 Å². The van der Waals surface area contributed by atoms with Gasteiger partial charge in [-0.15, -0.1) is 13.2 Å². The monoisotopic (exact) mass is 490 g/mol. The Morgan fingerprint density at radius 1 is 0.583 bits per heavy atom. The van der Waals surface area contributed by atoms with Crippen LogP contribution in [0.2, 0.25) is 0 Å². The minimum Gasteiger partial charge on any atom is -0.406 e. The molecule has 0 fully saturated rings. The third-order valence-electron chi connectivity index (χ3n) is 5.56. The van der Waals surface area contributed by atoms with E-state index in [1.165, 1.54) is 45.5 Å². The first-order valence-electron chi connectivity index (χ1n) is 10.9. The molecule has 0 aliphatic heterocycles. The molecule has 0 amide bonds. The predicted octanol–water partition coefficient (Wildman–Crippen LogP) is 7.00. The topological polar surface area (TPSA) is 36.2 Å². The number of halogens is 4. The fourth-order valence-corrected chi connectivity index (χ4v) is 4.09. The fourth-order valence-electron chi connectivity index (χ4n) is 4.09. The summed E-state index contributed by atoms with van der Waals surface area (Å²) in [4.78, 5) is 14.0. The van der Waals surface area contributed by atoms with Gasteiger partial charge in [0.2, 0.25) is 0 Å². The van der Waals surface area contributed by atoms with Crippen molar-refractivity contribution in [1.29, 1.82) is 0 Å². The maximum Gasteiger partial charge on any atom is 0.573 e. The summed E-state index contributed by atoms with van der Waals surface area (Å²) in [7, 11) is 0. The minimum atomic E-state index is -4.83. The molecule has 0 aliphatic rings. The number of imidazole rings is 1. The number of hydrogen-bond donors (Lipinski definition) is 0. The highest BCUT2D eigenvalue weighted by Crippen LogP contribution is 2.35. The quantitative estimate of drug-likeness (QED) is 0.249. The Kier molecular flexibility index (Phi) is 5.93. The van der Waals surface area contributed by atoms with Gasteiger partial charge in [0.25, 0.3) is 0 Å². The lowest BCUT2D eigenvalue weighted by Crippen LogP contribution is -2.23. The van der Waals surface area contributed by atoms with Gasteiger partial charge in [-0.2, -0.15) is 0 Å². The van der Waals surface area contributed by atoms with Crippen LogP contribution in [0.25, 0.3) is 33.9 Å². The number of aromatic nitrogens is 2. The van der Waals surface area contributed by atoms with Crippen LogP contribution in [-0.2, 0) is 0 Å². The lowest BCUT2D eigenvalue weighted by molar-refractivity contribution is -0.274. The zero-order chi connectivity index (χ0) is 25.3. The molecule has 0 unspecified atom stereocenters. The van der Waals surface area contributed by atoms with E-state index in [2.05, 4.69) is 4.74 Å². The van der Waals surface area contributed by atoms with Gasteiger partial charge in [0, 0.05) is 11.1 Å². The molecule has 4 aromatic carbocycles. The van der Waals surface area contributed by atoms with Gasteiger partial charge in [-0.1, -0.05) is 60.7 Å². The molecular formula is C28H18F4N2O2. The van der Waals surface area contributed by atoms with Gasteiger partial charge in [0.1, 0.15) is 11.6 Å². The Hall–Kier alpha value is -4.59. The first kappa shape index (κ1) is 23.2. The maximum absolute atomic E-state index is 14.0. The Morgan fingerprint density at radius 2 is 1.00 bits per heavy atom. The van der Waals surface area contributed by atoms with E-state index in [-0.39, 0.29) is 0 Å². The van der Waals surface area contributed by atoms with Gasteiger partial charge >= 0.3 is 12.1 Å². The van der Waals surface area contributed by atoms with Crippen LogP contribution < -0.4 is 10.4 Å². The van der Waals surface area contributed by atoms with Crippen molar-refractivity contribution in [3.8, 4) is 39.6 Å². The molecule has 0 atom stereocenters. The predicted molar refractivity (Wildman–Crippen MR) is 129 cm³/mol. The summed E-state index contributed by atoms with van der Waals surface area (Å²) in [5, 5.41) is 0. The Balaban J connectivity index is 1.83. The number of rotatable bonds is 5. The minimum absolute atomic E-state index is 0.339. The third kappa shape index (κ3) is 4.53. The van der Waals surface area contributed by atoms with Crippen molar-refractivity contribution in [2.75, 3.05) is 0 Å². The Morgan fingerprint density at radius 3 is 1.42 bits per heavy atom. The van der Waals surface area contributed by atoms with E-state index in [4.69, 9.17) is 0 Å². The highest BCUT2D eigenvalue weighted by molar-refractivity contribution is 5.82. The number of nitrogens with zero attached hydrogens (tertiary/aromatic N) is 2. The van der Waals surface area contributed by atoms with Crippen LogP contribution in [-0.4, -0.2) is 15.5 Å². The van der Waals surface area contributed by atoms with Crippen LogP contribution in [0.15, 0.2) is 114 Å². The molecule has 5 rings (SSSR count). The van der Waals surface area contributed by atoms with Crippen molar-refractivity contribution in [2.45, 2.75) is 6.36 Å². The van der Waals surface area contributed by atoms with Crippen LogP contribution >= 0.6 is 0 Å². The lowest BCUT2D eigenvalue weighted by atomic mass is 10.0. The average molecular weight is 490 g/mol. The Labute approximate surface area is 203 Å². The molecule has 1 aromatic heterocycles. The van der Waals surface area contributed by atoms with E-state index < -0.39 is 23.6 Å². The smallest absolute Gasteiger partial charge is 0.406 e. The van der Waals surface area contributed by atoms with E-state index in [0.29, 0.717) is 28.3 Å². The molecule has 180 valence electrons. The first-order chi connectivity index (χ1) is 17.3. The first-order valence-corrected chi connectivity index (χ1v) is 10.9. The number of benzene rings is 4. The molecule has 4 nitrogen and oxygen atoms in total. The van der Waals surface area contributed by atoms with Crippen molar-refractivity contribution in [3.05, 3.63) is 125 Å². The van der Waals surface area contributed by atoms with Crippen molar-refractivity contribution in [1.82, 2.24) is 9.13 Å². The summed E-state index contributed by atoms with van der Waals surface area (Å²) in [5.74, 6) is -0.849. The second-order valence-electron chi connectivity index (χ2n) is 7.90. The van der Waals surface area contributed by atoms with E-state index in [9.17, 15) is 22.4 Å². The molecule has 8 heteroatoms. The van der Waals surface area contributed by atoms with Crippen LogP contribution in [0.5, 0.6) is 5.75 Å². The summed E-state index contributed by atoms with van der Waals surface area (Å²) in [6.07, 6.45) is -4.83. The van der Waals surface area contributed by atoms with Crippen LogP contribution in [0.4, 0.5) is 17.6 Å². The molecular weight excluding hydrogens is 472 g/mol. The molecule has 5 aromatic rings. The van der Waals surface area contributed by atoms with Gasteiger partial charge in [0.05, 0.1) is 22.8 Å². The lowest BCUT2D eigenvalue weighted by Gasteiger charge is -2.13. The van der Waals surface area contributed by atoms with E-state index in [1.54, 1.807) is 0 Å². The molecule has 0 N–H and O–H groups in total. The second-order valence-corrected chi connectivity index (χ2v) is 7.90. The normalized spacial score (nSPS) is 11.4. The highest BCUT2D eigenvalue weighted by Gasteiger charge is 2.31. The van der Waals surface area contributed by atoms with Gasteiger partial charge < -0.3 is 4.74 Å². The molecule has 0 saturated carbocycles. The summed E-state index contributed by atoms with van der Waals surface area (Å²) >= 11 is 0. The molecule has 1 heterocycles. The highest BCUT2D eigenvalue weighted by atomic mass is 19.4. The standard InChI is InChI=1S/C28H18F4N2O2/c29-21-11-13-22(14-12-21)33-25(19-7-3-1-4-8-19)26(20-9-5-2-6-10-20)34(27(33)35)23-15-17-24(18-16-23)36-28(30,31)32/h1-18H. The Bertz CT molecular complexity index is 1540. The van der Waals surface area contributed by atoms with Gasteiger partial charge in [-0.25, -0.2) is 9.18 Å². The number of hydrogen-bond acceptors (Lipinski definition) is 2. The molecule has 0 saturated heterocycles. The number of ether oxygens (including phenoxy) is 1. The average Bonchev–Trinajstić information content (AvgIpc) is 3.18. The van der Waals surface area contributed by atoms with Crippen molar-refractivity contribution in [2.24, 2.45) is 0 Å². The third-order valence-corrected chi connectivity index (χ3v) is 5.56. The summed E-state index contributed by atoms with van der Waals surface area (Å²) in [6.45, 7) is 0. The molecule has 0 bridgehead atoms. The van der Waals surface area contributed by atoms with E-state index in [1.807, 2.05) is 60.7 Å². The van der Waals surface area contributed by atoms with Gasteiger partial charge in [0.15, 0.2) is 0 Å². The van der Waals surface area contributed by atoms with Crippen molar-refractivity contribution < 1.29 is 22.3 Å². The van der Waals surface area contributed by atoms with Crippen LogP contribution in [0, 0.1) is 5.82 Å². The largest absolute Gasteiger partial charge is 0.573 e. The van der Waals surface area contributed by atoms with E-state index in [0.717, 1.165) is 17.7 Å². The van der Waals surface area contributed by atoms with Gasteiger partial charge in [-0.3, -0.25) is 9.13 Å². The molecule has 0 spiro atoms. The van der Waals surface area contributed by atoms with Crippen LogP contribution in [0.3, 0.4) is 0 Å². The zero-order valence-electron chi connectivity index (χ0n) is 18.6. The fraction of sp³-hybridized carbons (Fsp3) is 0.0357. The molecule has 0 aliphatic carbocycles. The summed E-state index contributed by atoms with van der Waals surface area (Å²) < 4.78 is 58.6. The summed E-state index contributed by atoms with van der Waals surface area (Å²) in [6, 6.07) is 29.0. The molecule has 0 radical (unpaired) electrons. The van der Waals surface area contributed by atoms with Crippen molar-refractivity contribution in [3.63, 3.8) is 0 Å².